The van der Waals surface area contributed by atoms with Gasteiger partial charge in [0.2, 0.25) is 18.3 Å². The van der Waals surface area contributed by atoms with Crippen molar-refractivity contribution in [1.29, 1.82) is 0 Å². The van der Waals surface area contributed by atoms with Crippen LogP contribution < -0.4 is 9.63 Å². The van der Waals surface area contributed by atoms with Gasteiger partial charge in [0, 0.05) is 35.8 Å². The molecule has 0 saturated heterocycles. The third kappa shape index (κ3) is 6.03. The van der Waals surface area contributed by atoms with Crippen LogP contribution in [0.4, 0.5) is 18.2 Å². The third-order valence-corrected chi connectivity index (χ3v) is 5.81. The van der Waals surface area contributed by atoms with Gasteiger partial charge in [-0.05, 0) is 6.07 Å². The van der Waals surface area contributed by atoms with Crippen molar-refractivity contribution >= 4 is 45.6 Å². The van der Waals surface area contributed by atoms with Crippen LogP contribution >= 0.6 is 34.7 Å². The quantitative estimate of drug-likeness (QED) is 0.412. The van der Waals surface area contributed by atoms with E-state index in [9.17, 15) is 23.2 Å². The molecule has 1 amide bonds. The van der Waals surface area contributed by atoms with E-state index in [2.05, 4.69) is 4.98 Å². The van der Waals surface area contributed by atoms with Crippen molar-refractivity contribution in [3.05, 3.63) is 29.7 Å². The topological polar surface area (TPSA) is 57.3 Å². The van der Waals surface area contributed by atoms with Crippen LogP contribution in [0.5, 0.6) is 0 Å². The minimum absolute atomic E-state index is 0.0683. The van der Waals surface area contributed by atoms with E-state index in [-0.39, 0.29) is 23.2 Å². The van der Waals surface area contributed by atoms with Crippen molar-refractivity contribution in [2.45, 2.75) is 19.0 Å². The van der Waals surface area contributed by atoms with E-state index in [0.717, 1.165) is 16.5 Å². The van der Waals surface area contributed by atoms with E-state index in [0.29, 0.717) is 21.3 Å². The maximum absolute atomic E-state index is 12.2. The summed E-state index contributed by atoms with van der Waals surface area (Å²) in [6.07, 6.45) is -2.04. The smallest absolute Gasteiger partial charge is 0.304 e. The van der Waals surface area contributed by atoms with Gasteiger partial charge in [-0.3, -0.25) is 10.0 Å². The first-order chi connectivity index (χ1) is 12.2. The van der Waals surface area contributed by atoms with Crippen LogP contribution in [0.15, 0.2) is 24.5 Å². The fraction of sp³-hybridized carbons (Fsp3) is 0.400. The average Bonchev–Trinajstić information content (AvgIpc) is 2.94. The minimum atomic E-state index is -4.18. The molecule has 0 aliphatic carbocycles. The Morgan fingerprint density at radius 3 is 2.85 bits per heavy atom. The molecule has 0 atom stereocenters. The van der Waals surface area contributed by atoms with Crippen molar-refractivity contribution in [1.82, 2.24) is 4.98 Å². The molecule has 26 heavy (non-hydrogen) atoms. The zero-order chi connectivity index (χ0) is 19.3. The fourth-order valence-corrected chi connectivity index (χ4v) is 4.15. The second-order valence-corrected chi connectivity index (χ2v) is 7.83. The summed E-state index contributed by atoms with van der Waals surface area (Å²) < 4.78 is 37.1. The molecule has 0 spiro atoms. The Hall–Kier alpha value is -1.52. The molecule has 0 fully saturated rings. The van der Waals surface area contributed by atoms with Gasteiger partial charge < -0.3 is 4.90 Å². The van der Waals surface area contributed by atoms with Gasteiger partial charge in [-0.2, -0.15) is 24.9 Å². The van der Waals surface area contributed by atoms with Gasteiger partial charge >= 0.3 is 6.18 Å². The first-order valence-corrected chi connectivity index (χ1v) is 9.80. The highest BCUT2D eigenvalue weighted by Crippen LogP contribution is 2.37. The predicted molar refractivity (Wildman–Crippen MR) is 96.0 cm³/mol. The van der Waals surface area contributed by atoms with Gasteiger partial charge in [0.25, 0.3) is 0 Å². The summed E-state index contributed by atoms with van der Waals surface area (Å²) in [5, 5.41) is 10.6. The van der Waals surface area contributed by atoms with Gasteiger partial charge in [0.05, 0.1) is 12.0 Å². The summed E-state index contributed by atoms with van der Waals surface area (Å²) in [6, 6.07) is 3.38. The lowest BCUT2D eigenvalue weighted by Crippen LogP contribution is -2.28. The minimum Gasteiger partial charge on any atom is -0.304 e. The molecule has 0 unspecified atom stereocenters. The van der Waals surface area contributed by atoms with E-state index >= 15 is 0 Å². The molecule has 2 aromatic heterocycles. The molecular formula is C15H16ClF3N3O2S2+. The number of carbonyl (C=O) groups is 1. The molecule has 0 bridgehead atoms. The Bertz CT molecular complexity index is 771. The molecule has 5 nitrogen and oxygen atoms in total. The van der Waals surface area contributed by atoms with Crippen LogP contribution in [-0.2, 0) is 4.79 Å². The Morgan fingerprint density at radius 2 is 2.19 bits per heavy atom. The predicted octanol–water partition coefficient (Wildman–Crippen LogP) is 4.03. The lowest BCUT2D eigenvalue weighted by molar-refractivity contribution is -0.904. The van der Waals surface area contributed by atoms with Gasteiger partial charge in [-0.1, -0.05) is 22.9 Å². The Balaban J connectivity index is 1.94. The lowest BCUT2D eigenvalue weighted by Gasteiger charge is -2.15. The molecule has 11 heteroatoms. The molecule has 142 valence electrons. The van der Waals surface area contributed by atoms with Gasteiger partial charge in [-0.15, -0.1) is 0 Å². The van der Waals surface area contributed by atoms with Gasteiger partial charge in [0.15, 0.2) is 5.15 Å². The highest BCUT2D eigenvalue weighted by molar-refractivity contribution is 7.99. The summed E-state index contributed by atoms with van der Waals surface area (Å²) in [7, 11) is 1.54. The van der Waals surface area contributed by atoms with Crippen LogP contribution in [-0.4, -0.2) is 40.8 Å². The fourth-order valence-electron chi connectivity index (χ4n) is 1.94. The number of anilines is 1. The van der Waals surface area contributed by atoms with E-state index in [1.54, 1.807) is 19.2 Å². The Kier molecular flexibility index (Phi) is 7.13. The highest BCUT2D eigenvalue weighted by atomic mass is 35.5. The molecule has 0 radical (unpaired) electrons. The molecule has 0 aromatic carbocycles. The molecule has 2 heterocycles. The van der Waals surface area contributed by atoms with Crippen LogP contribution in [0.2, 0.25) is 5.15 Å². The van der Waals surface area contributed by atoms with Crippen molar-refractivity contribution in [3.63, 3.8) is 0 Å². The number of carbonyl (C=O) groups excluding carboxylic acids is 1. The van der Waals surface area contributed by atoms with Crippen LogP contribution in [0.3, 0.4) is 0 Å². The maximum Gasteiger partial charge on any atom is 0.389 e. The van der Waals surface area contributed by atoms with Crippen molar-refractivity contribution < 1.29 is 27.9 Å². The van der Waals surface area contributed by atoms with Gasteiger partial charge in [-0.25, -0.2) is 4.98 Å². The van der Waals surface area contributed by atoms with Gasteiger partial charge in [0.1, 0.15) is 10.0 Å². The number of halogens is 4. The first kappa shape index (κ1) is 20.8. The summed E-state index contributed by atoms with van der Waals surface area (Å²) in [4.78, 5) is 17.8. The number of pyridine rings is 1. The number of alkyl halides is 3. The summed E-state index contributed by atoms with van der Waals surface area (Å²) in [6.45, 7) is 0. The Labute approximate surface area is 161 Å². The standard InChI is InChI=1S/C15H16ClF3N3O2S2/c1-21(11(23)4-7-25-8-5-15(17,18)19)14-12(16)20-13(26-14)10-3-2-6-22(24)9-10/h2-3,6,9,24H,4-5,7-8H2,1H3/q+1. The molecular weight excluding hydrogens is 411 g/mol. The normalized spacial score (nSPS) is 11.6. The molecule has 2 aromatic rings. The number of hydrogen-bond donors (Lipinski definition) is 1. The van der Waals surface area contributed by atoms with Crippen LogP contribution in [0.1, 0.15) is 12.8 Å². The lowest BCUT2D eigenvalue weighted by atomic mass is 10.3. The number of thioether (sulfide) groups is 1. The highest BCUT2D eigenvalue weighted by Gasteiger charge is 2.26. The number of hydrogen-bond acceptors (Lipinski definition) is 5. The summed E-state index contributed by atoms with van der Waals surface area (Å²) >= 11 is 8.39. The van der Waals surface area contributed by atoms with E-state index in [1.807, 2.05) is 0 Å². The molecule has 0 saturated carbocycles. The summed E-state index contributed by atoms with van der Waals surface area (Å²) in [5.74, 6) is -0.0285. The molecule has 2 rings (SSSR count). The number of rotatable bonds is 7. The monoisotopic (exact) mass is 426 g/mol. The second kappa shape index (κ2) is 8.92. The zero-order valence-electron chi connectivity index (χ0n) is 13.7. The number of aromatic nitrogens is 2. The van der Waals surface area contributed by atoms with Crippen LogP contribution in [0.25, 0.3) is 10.6 Å². The number of amides is 1. The SMILES string of the molecule is CN(C(=O)CCSCCC(F)(F)F)c1sc(-c2ccc[n+](O)c2)nc1Cl. The maximum atomic E-state index is 12.2. The van der Waals surface area contributed by atoms with Crippen LogP contribution in [0, 0.1) is 0 Å². The first-order valence-electron chi connectivity index (χ1n) is 7.45. The van der Waals surface area contributed by atoms with Crippen molar-refractivity contribution in [3.8, 4) is 10.6 Å². The zero-order valence-corrected chi connectivity index (χ0v) is 16.1. The molecule has 1 N–H and O–H groups in total. The third-order valence-electron chi connectivity index (χ3n) is 3.27. The molecule has 0 aliphatic rings. The van der Waals surface area contributed by atoms with E-state index in [4.69, 9.17) is 11.6 Å². The Morgan fingerprint density at radius 1 is 1.46 bits per heavy atom. The number of thiazole rings is 1. The average molecular weight is 427 g/mol. The van der Waals surface area contributed by atoms with Crippen molar-refractivity contribution in [2.75, 3.05) is 23.5 Å². The number of nitrogens with zero attached hydrogens (tertiary/aromatic N) is 3. The van der Waals surface area contributed by atoms with Crippen molar-refractivity contribution in [2.24, 2.45) is 0 Å². The second-order valence-electron chi connectivity index (χ2n) is 5.27. The molecule has 0 aliphatic heterocycles. The van der Waals surface area contributed by atoms with E-state index < -0.39 is 12.6 Å². The largest absolute Gasteiger partial charge is 0.389 e. The van der Waals surface area contributed by atoms with E-state index in [1.165, 1.54) is 28.6 Å². The summed E-state index contributed by atoms with van der Waals surface area (Å²) in [5.41, 5.74) is 0.636.